The topological polar surface area (TPSA) is 32.3 Å². The van der Waals surface area contributed by atoms with E-state index in [-0.39, 0.29) is 5.91 Å². The lowest BCUT2D eigenvalue weighted by molar-refractivity contribution is 0.0708. The summed E-state index contributed by atoms with van der Waals surface area (Å²) >= 11 is 8.11. The average Bonchev–Trinajstić information content (AvgIpc) is 2.31. The van der Waals surface area contributed by atoms with Crippen LogP contribution in [0.1, 0.15) is 17.3 Å². The molecular formula is C12H14ClIN2O. The number of amides is 1. The van der Waals surface area contributed by atoms with E-state index in [0.717, 1.165) is 23.2 Å². The van der Waals surface area contributed by atoms with Gasteiger partial charge in [-0.25, -0.2) is 0 Å². The Balaban J connectivity index is 2.21. The highest BCUT2D eigenvalue weighted by Gasteiger charge is 2.23. The van der Waals surface area contributed by atoms with E-state index in [1.807, 2.05) is 11.0 Å². The molecule has 0 aromatic heterocycles. The zero-order valence-electron chi connectivity index (χ0n) is 9.54. The van der Waals surface area contributed by atoms with Crippen molar-refractivity contribution in [2.24, 2.45) is 0 Å². The first kappa shape index (κ1) is 13.1. The van der Waals surface area contributed by atoms with Crippen LogP contribution in [-0.2, 0) is 0 Å². The summed E-state index contributed by atoms with van der Waals surface area (Å²) in [6, 6.07) is 5.78. The molecule has 1 amide bonds. The molecule has 0 unspecified atom stereocenters. The smallest absolute Gasteiger partial charge is 0.255 e. The Hall–Kier alpha value is -0.330. The van der Waals surface area contributed by atoms with Crippen molar-refractivity contribution >= 4 is 40.1 Å². The Kier molecular flexibility index (Phi) is 4.27. The molecule has 92 valence electrons. The Morgan fingerprint density at radius 2 is 2.35 bits per heavy atom. The van der Waals surface area contributed by atoms with Crippen molar-refractivity contribution in [3.8, 4) is 0 Å². The van der Waals surface area contributed by atoms with Gasteiger partial charge in [0.2, 0.25) is 0 Å². The van der Waals surface area contributed by atoms with Crippen LogP contribution in [0.3, 0.4) is 0 Å². The summed E-state index contributed by atoms with van der Waals surface area (Å²) in [5.74, 6) is 0.0743. The summed E-state index contributed by atoms with van der Waals surface area (Å²) in [4.78, 5) is 14.2. The van der Waals surface area contributed by atoms with Gasteiger partial charge < -0.3 is 10.2 Å². The summed E-state index contributed by atoms with van der Waals surface area (Å²) in [5.41, 5.74) is 0.701. The van der Waals surface area contributed by atoms with Gasteiger partial charge in [-0.05, 0) is 47.7 Å². The number of carbonyl (C=O) groups excluding carboxylic acids is 1. The van der Waals surface area contributed by atoms with Crippen LogP contribution in [0.25, 0.3) is 0 Å². The minimum atomic E-state index is 0.0743. The van der Waals surface area contributed by atoms with Crippen molar-refractivity contribution in [3.05, 3.63) is 32.4 Å². The molecule has 1 aromatic rings. The minimum Gasteiger partial charge on any atom is -0.336 e. The predicted molar refractivity (Wildman–Crippen MR) is 77.5 cm³/mol. The second-order valence-corrected chi connectivity index (χ2v) is 5.83. The maximum Gasteiger partial charge on any atom is 0.255 e. The number of carbonyl (C=O) groups is 1. The number of halogens is 2. The number of nitrogens with one attached hydrogen (secondary N) is 1. The van der Waals surface area contributed by atoms with E-state index in [1.165, 1.54) is 0 Å². The summed E-state index contributed by atoms with van der Waals surface area (Å²) in [5, 5.41) is 3.93. The van der Waals surface area contributed by atoms with Crippen LogP contribution >= 0.6 is 34.2 Å². The van der Waals surface area contributed by atoms with Gasteiger partial charge in [0.15, 0.2) is 0 Å². The van der Waals surface area contributed by atoms with Crippen molar-refractivity contribution < 1.29 is 4.79 Å². The van der Waals surface area contributed by atoms with Crippen LogP contribution in [0, 0.1) is 3.57 Å². The first-order valence-electron chi connectivity index (χ1n) is 5.55. The molecule has 1 saturated heterocycles. The minimum absolute atomic E-state index is 0.0743. The zero-order valence-corrected chi connectivity index (χ0v) is 12.5. The lowest BCUT2D eigenvalue weighted by Crippen LogP contribution is -2.51. The van der Waals surface area contributed by atoms with E-state index < -0.39 is 0 Å². The Morgan fingerprint density at radius 1 is 1.59 bits per heavy atom. The van der Waals surface area contributed by atoms with Crippen molar-refractivity contribution in [1.82, 2.24) is 10.2 Å². The first-order chi connectivity index (χ1) is 8.08. The summed E-state index contributed by atoms with van der Waals surface area (Å²) in [7, 11) is 0. The molecule has 1 N–H and O–H groups in total. The van der Waals surface area contributed by atoms with Gasteiger partial charge >= 0.3 is 0 Å². The molecular weight excluding hydrogens is 351 g/mol. The summed E-state index contributed by atoms with van der Waals surface area (Å²) in [6.07, 6.45) is 0. The highest BCUT2D eigenvalue weighted by molar-refractivity contribution is 14.1. The summed E-state index contributed by atoms with van der Waals surface area (Å²) < 4.78 is 0.947. The molecule has 0 aliphatic carbocycles. The molecule has 17 heavy (non-hydrogen) atoms. The molecule has 1 heterocycles. The molecule has 1 aromatic carbocycles. The maximum absolute atomic E-state index is 12.4. The molecule has 1 aliphatic rings. The number of benzene rings is 1. The lowest BCUT2D eigenvalue weighted by atomic mass is 10.1. The van der Waals surface area contributed by atoms with Crippen LogP contribution in [0.15, 0.2) is 18.2 Å². The van der Waals surface area contributed by atoms with Gasteiger partial charge in [0.05, 0.1) is 5.56 Å². The SMILES string of the molecule is C[C@@H]1CN(C(=O)c2cc(Cl)ccc2I)CCN1. The first-order valence-corrected chi connectivity index (χ1v) is 7.01. The van der Waals surface area contributed by atoms with E-state index in [2.05, 4.69) is 34.8 Å². The fourth-order valence-electron chi connectivity index (χ4n) is 1.95. The summed E-state index contributed by atoms with van der Waals surface area (Å²) in [6.45, 7) is 4.44. The predicted octanol–water partition coefficient (Wildman–Crippen LogP) is 2.38. The fourth-order valence-corrected chi connectivity index (χ4v) is 2.69. The highest BCUT2D eigenvalue weighted by atomic mass is 127. The Labute approximate surface area is 120 Å². The van der Waals surface area contributed by atoms with Gasteiger partial charge in [-0.1, -0.05) is 11.6 Å². The van der Waals surface area contributed by atoms with Crippen LogP contribution in [0.2, 0.25) is 5.02 Å². The molecule has 2 rings (SSSR count). The van der Waals surface area contributed by atoms with Crippen molar-refractivity contribution in [3.63, 3.8) is 0 Å². The standard InChI is InChI=1S/C12H14ClIN2O/c1-8-7-16(5-4-15-8)12(17)10-6-9(13)2-3-11(10)14/h2-3,6,8,15H,4-5,7H2,1H3/t8-/m1/s1. The van der Waals surface area contributed by atoms with Crippen molar-refractivity contribution in [2.45, 2.75) is 13.0 Å². The quantitative estimate of drug-likeness (QED) is 0.776. The molecule has 0 radical (unpaired) electrons. The molecule has 0 bridgehead atoms. The van der Waals surface area contributed by atoms with Gasteiger partial charge in [0.1, 0.15) is 0 Å². The molecule has 0 spiro atoms. The molecule has 1 atom stereocenters. The van der Waals surface area contributed by atoms with Gasteiger partial charge in [-0.15, -0.1) is 0 Å². The van der Waals surface area contributed by atoms with Crippen LogP contribution < -0.4 is 5.32 Å². The molecule has 1 fully saturated rings. The second kappa shape index (κ2) is 5.54. The molecule has 0 saturated carbocycles. The number of nitrogens with zero attached hydrogens (tertiary/aromatic N) is 1. The maximum atomic E-state index is 12.4. The Bertz CT molecular complexity index is 439. The van der Waals surface area contributed by atoms with E-state index in [4.69, 9.17) is 11.6 Å². The molecule has 3 nitrogen and oxygen atoms in total. The zero-order chi connectivity index (χ0) is 12.4. The lowest BCUT2D eigenvalue weighted by Gasteiger charge is -2.32. The van der Waals surface area contributed by atoms with Gasteiger partial charge in [0.25, 0.3) is 5.91 Å². The average molecular weight is 365 g/mol. The number of hydrogen-bond donors (Lipinski definition) is 1. The van der Waals surface area contributed by atoms with Crippen LogP contribution in [-0.4, -0.2) is 36.5 Å². The third-order valence-electron chi connectivity index (χ3n) is 2.81. The fraction of sp³-hybridized carbons (Fsp3) is 0.417. The number of hydrogen-bond acceptors (Lipinski definition) is 2. The molecule has 5 heteroatoms. The molecule has 1 aliphatic heterocycles. The van der Waals surface area contributed by atoms with Crippen LogP contribution in [0.4, 0.5) is 0 Å². The van der Waals surface area contributed by atoms with E-state index in [0.29, 0.717) is 16.6 Å². The van der Waals surface area contributed by atoms with Gasteiger partial charge in [0, 0.05) is 34.3 Å². The number of rotatable bonds is 1. The van der Waals surface area contributed by atoms with Gasteiger partial charge in [-0.2, -0.15) is 0 Å². The van der Waals surface area contributed by atoms with Crippen molar-refractivity contribution in [2.75, 3.05) is 19.6 Å². The third-order valence-corrected chi connectivity index (χ3v) is 3.99. The van der Waals surface area contributed by atoms with E-state index in [1.54, 1.807) is 12.1 Å². The largest absolute Gasteiger partial charge is 0.336 e. The highest BCUT2D eigenvalue weighted by Crippen LogP contribution is 2.20. The van der Waals surface area contributed by atoms with Crippen LogP contribution in [0.5, 0.6) is 0 Å². The van der Waals surface area contributed by atoms with Gasteiger partial charge in [-0.3, -0.25) is 4.79 Å². The second-order valence-electron chi connectivity index (χ2n) is 4.23. The monoisotopic (exact) mass is 364 g/mol. The Morgan fingerprint density at radius 3 is 3.06 bits per heavy atom. The van der Waals surface area contributed by atoms with E-state index >= 15 is 0 Å². The third kappa shape index (κ3) is 3.11. The normalized spacial score (nSPS) is 20.4. The van der Waals surface area contributed by atoms with Crippen molar-refractivity contribution in [1.29, 1.82) is 0 Å². The van der Waals surface area contributed by atoms with E-state index in [9.17, 15) is 4.79 Å². The number of piperazine rings is 1.